The van der Waals surface area contributed by atoms with Gasteiger partial charge >= 0.3 is 5.97 Å². The van der Waals surface area contributed by atoms with Gasteiger partial charge in [0, 0.05) is 18.3 Å². The van der Waals surface area contributed by atoms with E-state index in [9.17, 15) is 18.4 Å². The Morgan fingerprint density at radius 1 is 1.25 bits per heavy atom. The second kappa shape index (κ2) is 6.45. The van der Waals surface area contributed by atoms with Crippen LogP contribution in [0.15, 0.2) is 51.9 Å². The summed E-state index contributed by atoms with van der Waals surface area (Å²) >= 11 is 0. The van der Waals surface area contributed by atoms with Crippen LogP contribution < -0.4 is 5.56 Å². The highest BCUT2D eigenvalue weighted by Gasteiger charge is 2.15. The van der Waals surface area contributed by atoms with Crippen molar-refractivity contribution in [3.63, 3.8) is 0 Å². The second-order valence-corrected chi connectivity index (χ2v) is 4.80. The van der Waals surface area contributed by atoms with Crippen LogP contribution in [0.3, 0.4) is 0 Å². The maximum absolute atomic E-state index is 13.7. The molecule has 1 N–H and O–H groups in total. The maximum Gasteiger partial charge on any atom is 0.344 e. The zero-order chi connectivity index (χ0) is 17.1. The molecule has 24 heavy (non-hydrogen) atoms. The zero-order valence-corrected chi connectivity index (χ0v) is 12.1. The Balaban J connectivity index is 1.72. The summed E-state index contributed by atoms with van der Waals surface area (Å²) in [6.07, 6.45) is 1.39. The zero-order valence-electron chi connectivity index (χ0n) is 12.1. The largest absolute Gasteiger partial charge is 0.455 e. The average molecular weight is 332 g/mol. The third-order valence-electron chi connectivity index (χ3n) is 3.14. The molecule has 0 fully saturated rings. The van der Waals surface area contributed by atoms with E-state index in [2.05, 4.69) is 10.1 Å². The number of nitrogens with one attached hydrogen (secondary N) is 1. The number of aromatic amines is 1. The van der Waals surface area contributed by atoms with Crippen LogP contribution in [0.4, 0.5) is 8.78 Å². The van der Waals surface area contributed by atoms with Gasteiger partial charge in [0.25, 0.3) is 5.56 Å². The minimum absolute atomic E-state index is 0.0287. The summed E-state index contributed by atoms with van der Waals surface area (Å²) in [5, 5.41) is 3.65. The highest BCUT2D eigenvalue weighted by atomic mass is 19.1. The van der Waals surface area contributed by atoms with Crippen molar-refractivity contribution in [2.75, 3.05) is 0 Å². The van der Waals surface area contributed by atoms with Gasteiger partial charge in [-0.05, 0) is 24.3 Å². The molecule has 0 aliphatic rings. The molecular weight excluding hydrogens is 322 g/mol. The molecule has 0 atom stereocenters. The quantitative estimate of drug-likeness (QED) is 0.743. The number of halogens is 2. The second-order valence-electron chi connectivity index (χ2n) is 4.80. The summed E-state index contributed by atoms with van der Waals surface area (Å²) in [5.41, 5.74) is -0.474. The van der Waals surface area contributed by atoms with Crippen LogP contribution in [0.1, 0.15) is 16.1 Å². The molecule has 8 heteroatoms. The van der Waals surface area contributed by atoms with Gasteiger partial charge in [-0.15, -0.1) is 0 Å². The first-order valence-corrected chi connectivity index (χ1v) is 6.80. The van der Waals surface area contributed by atoms with Crippen molar-refractivity contribution in [1.82, 2.24) is 10.1 Å². The molecule has 3 rings (SSSR count). The van der Waals surface area contributed by atoms with E-state index in [-0.39, 0.29) is 29.2 Å². The predicted octanol–water partition coefficient (Wildman–Crippen LogP) is 2.67. The lowest BCUT2D eigenvalue weighted by atomic mass is 10.1. The number of hydrogen-bond acceptors (Lipinski definition) is 5. The standard InChI is InChI=1S/C16H10F2N2O4/c17-9-3-4-11(13(18)6-9)14-7-10(20-24-14)8-23-16(22)12-2-1-5-19-15(12)21/h1-7H,8H2,(H,19,21). The topological polar surface area (TPSA) is 85.2 Å². The van der Waals surface area contributed by atoms with E-state index in [0.29, 0.717) is 0 Å². The number of rotatable bonds is 4. The molecule has 0 saturated carbocycles. The Hall–Kier alpha value is -3.29. The molecule has 6 nitrogen and oxygen atoms in total. The van der Waals surface area contributed by atoms with Crippen molar-refractivity contribution in [1.29, 1.82) is 0 Å². The van der Waals surface area contributed by atoms with Crippen molar-refractivity contribution in [3.05, 3.63) is 75.8 Å². The molecule has 0 bridgehead atoms. The van der Waals surface area contributed by atoms with Crippen molar-refractivity contribution in [2.24, 2.45) is 0 Å². The van der Waals surface area contributed by atoms with Crippen molar-refractivity contribution < 1.29 is 22.8 Å². The molecule has 2 heterocycles. The van der Waals surface area contributed by atoms with Gasteiger partial charge in [0.1, 0.15) is 29.5 Å². The number of nitrogens with zero attached hydrogens (tertiary/aromatic N) is 1. The lowest BCUT2D eigenvalue weighted by Gasteiger charge is -2.00. The number of pyridine rings is 1. The summed E-state index contributed by atoms with van der Waals surface area (Å²) < 4.78 is 36.5. The summed E-state index contributed by atoms with van der Waals surface area (Å²) in [4.78, 5) is 25.6. The molecule has 0 amide bonds. The summed E-state index contributed by atoms with van der Waals surface area (Å²) in [6.45, 7) is -0.264. The van der Waals surface area contributed by atoms with Gasteiger partial charge in [-0.2, -0.15) is 0 Å². The molecule has 3 aromatic rings. The molecule has 0 aliphatic carbocycles. The monoisotopic (exact) mass is 332 g/mol. The minimum Gasteiger partial charge on any atom is -0.455 e. The lowest BCUT2D eigenvalue weighted by Crippen LogP contribution is -2.18. The summed E-state index contributed by atoms with van der Waals surface area (Å²) in [7, 11) is 0. The molecule has 122 valence electrons. The Bertz CT molecular complexity index is 949. The lowest BCUT2D eigenvalue weighted by molar-refractivity contribution is 0.0462. The summed E-state index contributed by atoms with van der Waals surface area (Å²) in [6, 6.07) is 7.19. The van der Waals surface area contributed by atoms with Gasteiger partial charge in [0.15, 0.2) is 5.76 Å². The molecule has 0 spiro atoms. The number of hydrogen-bond donors (Lipinski definition) is 1. The Morgan fingerprint density at radius 3 is 2.83 bits per heavy atom. The van der Waals surface area contributed by atoms with Gasteiger partial charge in [-0.1, -0.05) is 5.16 Å². The highest BCUT2D eigenvalue weighted by Crippen LogP contribution is 2.24. The van der Waals surface area contributed by atoms with E-state index in [1.807, 2.05) is 0 Å². The molecule has 1 aromatic carbocycles. The number of benzene rings is 1. The van der Waals surface area contributed by atoms with Gasteiger partial charge in [0.2, 0.25) is 0 Å². The average Bonchev–Trinajstić information content (AvgIpc) is 3.01. The number of carbonyl (C=O) groups is 1. The molecule has 0 saturated heterocycles. The minimum atomic E-state index is -0.825. The third kappa shape index (κ3) is 3.22. The van der Waals surface area contributed by atoms with Crippen molar-refractivity contribution >= 4 is 5.97 Å². The number of aromatic nitrogens is 2. The first kappa shape index (κ1) is 15.6. The SMILES string of the molecule is O=C(OCc1cc(-c2ccc(F)cc2F)on1)c1ccc[nH]c1=O. The molecule has 0 radical (unpaired) electrons. The molecule has 2 aromatic heterocycles. The number of esters is 1. The fourth-order valence-electron chi connectivity index (χ4n) is 2.00. The molecule has 0 unspecified atom stereocenters. The Morgan fingerprint density at radius 2 is 2.08 bits per heavy atom. The van der Waals surface area contributed by atoms with E-state index in [4.69, 9.17) is 9.26 Å². The molecule has 0 aliphatic heterocycles. The first-order chi connectivity index (χ1) is 11.5. The van der Waals surface area contributed by atoms with Crippen molar-refractivity contribution in [3.8, 4) is 11.3 Å². The normalized spacial score (nSPS) is 10.6. The van der Waals surface area contributed by atoms with Gasteiger partial charge < -0.3 is 14.2 Å². The maximum atomic E-state index is 13.7. The van der Waals surface area contributed by atoms with E-state index in [1.165, 1.54) is 30.5 Å². The fraction of sp³-hybridized carbons (Fsp3) is 0.0625. The Labute approximate surface area is 133 Å². The molecular formula is C16H10F2N2O4. The highest BCUT2D eigenvalue weighted by molar-refractivity contribution is 5.88. The Kier molecular flexibility index (Phi) is 4.19. The number of carbonyl (C=O) groups excluding carboxylic acids is 1. The van der Waals surface area contributed by atoms with E-state index >= 15 is 0 Å². The third-order valence-corrected chi connectivity index (χ3v) is 3.14. The van der Waals surface area contributed by atoms with Crippen LogP contribution >= 0.6 is 0 Å². The number of ether oxygens (including phenoxy) is 1. The predicted molar refractivity (Wildman–Crippen MR) is 78.0 cm³/mol. The van der Waals surface area contributed by atoms with Gasteiger partial charge in [-0.3, -0.25) is 4.79 Å². The van der Waals surface area contributed by atoms with Crippen LogP contribution in [0.2, 0.25) is 0 Å². The van der Waals surface area contributed by atoms with Crippen molar-refractivity contribution in [2.45, 2.75) is 6.61 Å². The van der Waals surface area contributed by atoms with E-state index in [1.54, 1.807) is 0 Å². The smallest absolute Gasteiger partial charge is 0.344 e. The first-order valence-electron chi connectivity index (χ1n) is 6.80. The van der Waals surface area contributed by atoms with Gasteiger partial charge in [0.05, 0.1) is 5.56 Å². The van der Waals surface area contributed by atoms with Crippen LogP contribution in [0, 0.1) is 11.6 Å². The van der Waals surface area contributed by atoms with Crippen LogP contribution in [-0.2, 0) is 11.3 Å². The van der Waals surface area contributed by atoms with Crippen LogP contribution in [-0.4, -0.2) is 16.1 Å². The van der Waals surface area contributed by atoms with Gasteiger partial charge in [-0.25, -0.2) is 13.6 Å². The fourth-order valence-corrected chi connectivity index (χ4v) is 2.00. The van der Waals surface area contributed by atoms with Crippen LogP contribution in [0.25, 0.3) is 11.3 Å². The summed E-state index contributed by atoms with van der Waals surface area (Å²) in [5.74, 6) is -2.27. The van der Waals surface area contributed by atoms with E-state index < -0.39 is 23.2 Å². The van der Waals surface area contributed by atoms with Crippen LogP contribution in [0.5, 0.6) is 0 Å². The number of H-pyrrole nitrogens is 1. The van der Waals surface area contributed by atoms with E-state index in [0.717, 1.165) is 12.1 Å².